The van der Waals surface area contributed by atoms with Crippen LogP contribution in [0.5, 0.6) is 0 Å². The molecule has 0 unspecified atom stereocenters. The zero-order valence-corrected chi connectivity index (χ0v) is 20.8. The van der Waals surface area contributed by atoms with E-state index in [2.05, 4.69) is 5.32 Å². The Morgan fingerprint density at radius 2 is 1.78 bits per heavy atom. The van der Waals surface area contributed by atoms with Gasteiger partial charge in [0.25, 0.3) is 0 Å². The Morgan fingerprint density at radius 1 is 1.14 bits per heavy atom. The molecule has 0 saturated carbocycles. The fourth-order valence-corrected chi connectivity index (χ4v) is 4.04. The summed E-state index contributed by atoms with van der Waals surface area (Å²) >= 11 is 6.11. The number of nitrogens with zero attached hydrogens (tertiary/aromatic N) is 1. The van der Waals surface area contributed by atoms with E-state index in [4.69, 9.17) is 26.2 Å². The summed E-state index contributed by atoms with van der Waals surface area (Å²) in [5.74, 6) is -3.26. The van der Waals surface area contributed by atoms with Gasteiger partial charge in [-0.25, -0.2) is 23.1 Å². The number of amides is 2. The molecule has 0 aliphatic carbocycles. The lowest BCUT2D eigenvalue weighted by Gasteiger charge is -2.26. The van der Waals surface area contributed by atoms with E-state index in [-0.39, 0.29) is 24.5 Å². The number of carbonyl (C=O) groups is 4. The second-order valence-electron chi connectivity index (χ2n) is 7.33. The largest absolute Gasteiger partial charge is 0.480 e. The Hall–Kier alpha value is -3.68. The van der Waals surface area contributed by atoms with Crippen molar-refractivity contribution in [1.82, 2.24) is 4.90 Å². The second kappa shape index (κ2) is 12.3. The molecule has 0 aliphatic heterocycles. The average Bonchev–Trinajstić information content (AvgIpc) is 2.81. The van der Waals surface area contributed by atoms with Crippen LogP contribution in [0.1, 0.15) is 29.8 Å². The summed E-state index contributed by atoms with van der Waals surface area (Å²) in [6, 6.07) is 9.12. The highest BCUT2D eigenvalue weighted by Gasteiger charge is 2.30. The molecule has 2 aromatic carbocycles. The molecule has 0 aliphatic rings. The molecule has 2 rings (SSSR count). The topological polar surface area (TPSA) is 182 Å². The van der Waals surface area contributed by atoms with Gasteiger partial charge in [-0.15, -0.1) is 0 Å². The van der Waals surface area contributed by atoms with Gasteiger partial charge in [0.1, 0.15) is 24.1 Å². The Labute approximate surface area is 212 Å². The zero-order valence-electron chi connectivity index (χ0n) is 19.3. The molecule has 0 saturated heterocycles. The summed E-state index contributed by atoms with van der Waals surface area (Å²) in [6.45, 7) is 1.70. The van der Waals surface area contributed by atoms with Crippen molar-refractivity contribution in [1.29, 1.82) is 0 Å². The molecule has 12 nitrogen and oxygen atoms in total. The Bertz CT molecular complexity index is 1250. The fourth-order valence-electron chi connectivity index (χ4n) is 2.91. The molecule has 2 aromatic rings. The monoisotopic (exact) mass is 541 g/mol. The van der Waals surface area contributed by atoms with E-state index in [9.17, 15) is 32.7 Å². The van der Waals surface area contributed by atoms with Crippen LogP contribution in [0.3, 0.4) is 0 Å². The van der Waals surface area contributed by atoms with Crippen molar-refractivity contribution in [2.24, 2.45) is 5.14 Å². The number of primary sulfonamides is 1. The third-order valence-electron chi connectivity index (χ3n) is 4.71. The van der Waals surface area contributed by atoms with Crippen molar-refractivity contribution >= 4 is 51.3 Å². The van der Waals surface area contributed by atoms with Gasteiger partial charge in [0.15, 0.2) is 0 Å². The minimum Gasteiger partial charge on any atom is -0.480 e. The lowest BCUT2D eigenvalue weighted by Crippen LogP contribution is -2.48. The fraction of sp³-hybridized carbons (Fsp3) is 0.273. The highest BCUT2D eigenvalue weighted by Crippen LogP contribution is 2.31. The number of carboxylic acids is 1. The third kappa shape index (κ3) is 7.66. The summed E-state index contributed by atoms with van der Waals surface area (Å²) in [5, 5.41) is 16.2. The number of anilines is 1. The molecule has 2 amide bonds. The van der Waals surface area contributed by atoms with Crippen molar-refractivity contribution in [2.45, 2.75) is 31.4 Å². The molecular weight excluding hydrogens is 518 g/mol. The molecule has 1 atom stereocenters. The minimum atomic E-state index is -4.42. The summed E-state index contributed by atoms with van der Waals surface area (Å²) in [5.41, 5.74) is 0.0465. The number of benzene rings is 2. The van der Waals surface area contributed by atoms with Crippen LogP contribution in [-0.4, -0.2) is 61.6 Å². The minimum absolute atomic E-state index is 0.0138. The number of nitrogens with two attached hydrogens (primary N) is 1. The number of rotatable bonds is 10. The van der Waals surface area contributed by atoms with Crippen molar-refractivity contribution < 1.29 is 42.2 Å². The summed E-state index contributed by atoms with van der Waals surface area (Å²) in [7, 11) is -4.42. The standard InChI is InChI=1S/C22H24ClN3O9S/c1-3-34-21(30)15-9-16(19(23)17(10-15)36(24,32)33)25-20(29)13(2)26(11-18(27)28)22(31)35-12-14-7-5-4-6-8-14/h4-10,13H,3,11-12H2,1-2H3,(H,25,29)(H,27,28)(H2,24,32,33)/t13-/m0/s1. The van der Waals surface area contributed by atoms with Crippen molar-refractivity contribution in [3.05, 3.63) is 58.6 Å². The van der Waals surface area contributed by atoms with Crippen molar-refractivity contribution in [2.75, 3.05) is 18.5 Å². The molecule has 14 heteroatoms. The third-order valence-corrected chi connectivity index (χ3v) is 6.16. The quantitative estimate of drug-likeness (QED) is 0.379. The number of ether oxygens (including phenoxy) is 2. The van der Waals surface area contributed by atoms with Gasteiger partial charge in [-0.2, -0.15) is 0 Å². The van der Waals surface area contributed by atoms with Gasteiger partial charge in [-0.3, -0.25) is 14.5 Å². The Morgan fingerprint density at radius 3 is 2.33 bits per heavy atom. The number of hydrogen-bond donors (Lipinski definition) is 3. The van der Waals surface area contributed by atoms with E-state index in [0.29, 0.717) is 10.5 Å². The van der Waals surface area contributed by atoms with E-state index in [1.165, 1.54) is 13.8 Å². The van der Waals surface area contributed by atoms with E-state index >= 15 is 0 Å². The molecule has 0 heterocycles. The van der Waals surface area contributed by atoms with Gasteiger partial charge in [-0.05, 0) is 31.5 Å². The molecule has 0 aromatic heterocycles. The van der Waals surface area contributed by atoms with E-state index in [1.54, 1.807) is 30.3 Å². The number of carboxylic acid groups (broad SMARTS) is 1. The van der Waals surface area contributed by atoms with Crippen LogP contribution in [0, 0.1) is 0 Å². The van der Waals surface area contributed by atoms with Gasteiger partial charge in [-0.1, -0.05) is 41.9 Å². The van der Waals surface area contributed by atoms with Crippen LogP contribution in [0.15, 0.2) is 47.4 Å². The summed E-state index contributed by atoms with van der Waals surface area (Å²) < 4.78 is 33.9. The zero-order chi connectivity index (χ0) is 27.0. The maximum atomic E-state index is 12.9. The van der Waals surface area contributed by atoms with Gasteiger partial charge >= 0.3 is 18.0 Å². The van der Waals surface area contributed by atoms with Crippen LogP contribution < -0.4 is 10.5 Å². The number of sulfonamides is 1. The van der Waals surface area contributed by atoms with Crippen LogP contribution in [0.25, 0.3) is 0 Å². The lowest BCUT2D eigenvalue weighted by atomic mass is 10.2. The SMILES string of the molecule is CCOC(=O)c1cc(NC(=O)[C@H](C)N(CC(=O)O)C(=O)OCc2ccccc2)c(Cl)c(S(N)(=O)=O)c1. The number of halogens is 1. The Balaban J connectivity index is 2.32. The molecule has 0 radical (unpaired) electrons. The maximum absolute atomic E-state index is 12.9. The second-order valence-corrected chi connectivity index (χ2v) is 9.24. The first-order chi connectivity index (χ1) is 16.8. The average molecular weight is 542 g/mol. The Kier molecular flexibility index (Phi) is 9.78. The maximum Gasteiger partial charge on any atom is 0.411 e. The van der Waals surface area contributed by atoms with Crippen LogP contribution in [0.4, 0.5) is 10.5 Å². The van der Waals surface area contributed by atoms with Crippen molar-refractivity contribution in [3.8, 4) is 0 Å². The number of nitrogens with one attached hydrogen (secondary N) is 1. The van der Waals surface area contributed by atoms with Crippen molar-refractivity contribution in [3.63, 3.8) is 0 Å². The molecular formula is C22H24ClN3O9S. The molecule has 36 heavy (non-hydrogen) atoms. The first-order valence-corrected chi connectivity index (χ1v) is 12.3. The number of esters is 1. The molecule has 194 valence electrons. The van der Waals surface area contributed by atoms with E-state index in [0.717, 1.165) is 12.1 Å². The van der Waals surface area contributed by atoms with Crippen LogP contribution in [-0.2, 0) is 35.7 Å². The summed E-state index contributed by atoms with van der Waals surface area (Å²) in [6.07, 6.45) is -1.08. The highest BCUT2D eigenvalue weighted by atomic mass is 35.5. The highest BCUT2D eigenvalue weighted by molar-refractivity contribution is 7.89. The number of hydrogen-bond acceptors (Lipinski definition) is 8. The van der Waals surface area contributed by atoms with Gasteiger partial charge < -0.3 is 19.9 Å². The van der Waals surface area contributed by atoms with E-state index < -0.39 is 56.5 Å². The lowest BCUT2D eigenvalue weighted by molar-refractivity contribution is -0.139. The van der Waals surface area contributed by atoms with E-state index in [1.807, 2.05) is 0 Å². The van der Waals surface area contributed by atoms with Crippen LogP contribution in [0.2, 0.25) is 5.02 Å². The molecule has 4 N–H and O–H groups in total. The first kappa shape index (κ1) is 28.6. The normalized spacial score (nSPS) is 11.8. The number of carbonyl (C=O) groups excluding carboxylic acids is 3. The predicted molar refractivity (Wildman–Crippen MR) is 128 cm³/mol. The summed E-state index contributed by atoms with van der Waals surface area (Å²) in [4.78, 5) is 49.0. The smallest absolute Gasteiger partial charge is 0.411 e. The van der Waals surface area contributed by atoms with Gasteiger partial charge in [0.2, 0.25) is 15.9 Å². The molecule has 0 bridgehead atoms. The number of aliphatic carboxylic acids is 1. The molecule has 0 spiro atoms. The van der Waals surface area contributed by atoms with Gasteiger partial charge in [0.05, 0.1) is 22.9 Å². The predicted octanol–water partition coefficient (Wildman–Crippen LogP) is 2.21. The molecule has 0 fully saturated rings. The first-order valence-electron chi connectivity index (χ1n) is 10.4. The van der Waals surface area contributed by atoms with Gasteiger partial charge in [0, 0.05) is 0 Å². The van der Waals surface area contributed by atoms with Crippen LogP contribution >= 0.6 is 11.6 Å².